The second-order valence-corrected chi connectivity index (χ2v) is 4.37. The van der Waals surface area contributed by atoms with Gasteiger partial charge in [0, 0.05) is 11.4 Å². The molecule has 1 N–H and O–H groups in total. The van der Waals surface area contributed by atoms with Crippen LogP contribution < -0.4 is 5.32 Å². The molecule has 0 radical (unpaired) electrons. The molecule has 68 valence electrons. The second-order valence-electron chi connectivity index (χ2n) is 2.94. The van der Waals surface area contributed by atoms with Crippen LogP contribution in [0.5, 0.6) is 0 Å². The summed E-state index contributed by atoms with van der Waals surface area (Å²) in [6, 6.07) is 3.89. The largest absolute Gasteiger partial charge is 0.334 e. The highest BCUT2D eigenvalue weighted by molar-refractivity contribution is 8.15. The summed E-state index contributed by atoms with van der Waals surface area (Å²) < 4.78 is 0. The van der Waals surface area contributed by atoms with Crippen molar-refractivity contribution in [1.29, 1.82) is 0 Å². The third-order valence-corrected chi connectivity index (χ3v) is 2.72. The maximum absolute atomic E-state index is 4.35. The summed E-state index contributed by atoms with van der Waals surface area (Å²) in [4.78, 5) is 8.37. The number of anilines is 1. The first-order valence-electron chi connectivity index (χ1n) is 4.23. The van der Waals surface area contributed by atoms with Crippen LogP contribution in [0, 0.1) is 0 Å². The van der Waals surface area contributed by atoms with E-state index in [0.717, 1.165) is 17.4 Å². The predicted molar refractivity (Wildman–Crippen MR) is 57.2 cm³/mol. The average Bonchev–Trinajstić information content (AvgIpc) is 2.53. The maximum atomic E-state index is 4.35. The fourth-order valence-electron chi connectivity index (χ4n) is 1.11. The van der Waals surface area contributed by atoms with Gasteiger partial charge in [-0.2, -0.15) is 0 Å². The SMILES string of the molecule is C[C@@H]1CN=C(Nc2cccnc2)S1. The van der Waals surface area contributed by atoms with Crippen LogP contribution in [0.1, 0.15) is 6.92 Å². The summed E-state index contributed by atoms with van der Waals surface area (Å²) in [6.07, 6.45) is 3.56. The Hall–Kier alpha value is -1.03. The molecular formula is C9H11N3S. The molecule has 0 fully saturated rings. The zero-order valence-corrected chi connectivity index (χ0v) is 8.21. The molecule has 3 nitrogen and oxygen atoms in total. The molecule has 0 aliphatic carbocycles. The van der Waals surface area contributed by atoms with Crippen molar-refractivity contribution >= 4 is 22.6 Å². The maximum Gasteiger partial charge on any atom is 0.161 e. The van der Waals surface area contributed by atoms with Crippen LogP contribution in [-0.2, 0) is 0 Å². The lowest BCUT2D eigenvalue weighted by Gasteiger charge is -2.04. The zero-order chi connectivity index (χ0) is 9.10. The Bertz CT molecular complexity index is 310. The van der Waals surface area contributed by atoms with E-state index in [1.165, 1.54) is 0 Å². The monoisotopic (exact) mass is 193 g/mol. The Labute approximate surface area is 81.7 Å². The fraction of sp³-hybridized carbons (Fsp3) is 0.333. The number of thioether (sulfide) groups is 1. The number of hydrogen-bond donors (Lipinski definition) is 1. The molecule has 1 aliphatic rings. The standard InChI is InChI=1S/C9H11N3S/c1-7-5-11-9(13-7)12-8-3-2-4-10-6-8/h2-4,6-7H,5H2,1H3,(H,11,12)/t7-/m1/s1. The van der Waals surface area contributed by atoms with E-state index in [1.54, 1.807) is 24.2 Å². The molecule has 13 heavy (non-hydrogen) atoms. The van der Waals surface area contributed by atoms with E-state index >= 15 is 0 Å². The number of pyridine rings is 1. The Balaban J connectivity index is 2.00. The molecule has 0 amide bonds. The number of aliphatic imine (C=N–C) groups is 1. The van der Waals surface area contributed by atoms with Crippen LogP contribution in [0.4, 0.5) is 5.69 Å². The first-order valence-corrected chi connectivity index (χ1v) is 5.11. The Morgan fingerprint density at radius 2 is 2.54 bits per heavy atom. The lowest BCUT2D eigenvalue weighted by molar-refractivity contribution is 0.976. The van der Waals surface area contributed by atoms with E-state index in [-0.39, 0.29) is 0 Å². The molecule has 0 spiro atoms. The summed E-state index contributed by atoms with van der Waals surface area (Å²) in [6.45, 7) is 3.08. The Kier molecular flexibility index (Phi) is 2.49. The van der Waals surface area contributed by atoms with E-state index in [9.17, 15) is 0 Å². The predicted octanol–water partition coefficient (Wildman–Crippen LogP) is 1.98. The van der Waals surface area contributed by atoms with Gasteiger partial charge >= 0.3 is 0 Å². The van der Waals surface area contributed by atoms with Crippen LogP contribution >= 0.6 is 11.8 Å². The Morgan fingerprint density at radius 1 is 1.62 bits per heavy atom. The van der Waals surface area contributed by atoms with E-state index < -0.39 is 0 Å². The van der Waals surface area contributed by atoms with Crippen LogP contribution in [-0.4, -0.2) is 21.9 Å². The highest BCUT2D eigenvalue weighted by Gasteiger charge is 2.14. The van der Waals surface area contributed by atoms with Crippen molar-refractivity contribution < 1.29 is 0 Å². The van der Waals surface area contributed by atoms with Gasteiger partial charge in [-0.25, -0.2) is 0 Å². The van der Waals surface area contributed by atoms with Gasteiger partial charge in [0.25, 0.3) is 0 Å². The third-order valence-electron chi connectivity index (χ3n) is 1.72. The third kappa shape index (κ3) is 2.21. The smallest absolute Gasteiger partial charge is 0.161 e. The number of hydrogen-bond acceptors (Lipinski definition) is 4. The van der Waals surface area contributed by atoms with Crippen LogP contribution in [0.3, 0.4) is 0 Å². The first kappa shape index (κ1) is 8.56. The van der Waals surface area contributed by atoms with E-state index in [2.05, 4.69) is 22.2 Å². The molecule has 0 unspecified atom stereocenters. The van der Waals surface area contributed by atoms with Gasteiger partial charge in [-0.15, -0.1) is 0 Å². The molecule has 1 aromatic rings. The molecule has 2 heterocycles. The molecule has 1 atom stereocenters. The van der Waals surface area contributed by atoms with Crippen molar-refractivity contribution in [2.45, 2.75) is 12.2 Å². The number of aromatic nitrogens is 1. The minimum atomic E-state index is 0.596. The highest BCUT2D eigenvalue weighted by Crippen LogP contribution is 2.21. The molecule has 0 saturated carbocycles. The van der Waals surface area contributed by atoms with Crippen molar-refractivity contribution in [2.24, 2.45) is 4.99 Å². The number of nitrogens with one attached hydrogen (secondary N) is 1. The zero-order valence-electron chi connectivity index (χ0n) is 7.40. The van der Waals surface area contributed by atoms with E-state index in [4.69, 9.17) is 0 Å². The summed E-state index contributed by atoms with van der Waals surface area (Å²) in [5.74, 6) is 0. The van der Waals surface area contributed by atoms with Gasteiger partial charge in [0.05, 0.1) is 18.4 Å². The molecule has 2 rings (SSSR count). The van der Waals surface area contributed by atoms with Crippen molar-refractivity contribution in [2.75, 3.05) is 11.9 Å². The van der Waals surface area contributed by atoms with E-state index in [0.29, 0.717) is 5.25 Å². The summed E-state index contributed by atoms with van der Waals surface area (Å²) in [5, 5.41) is 4.82. The van der Waals surface area contributed by atoms with Gasteiger partial charge in [0.1, 0.15) is 0 Å². The average molecular weight is 193 g/mol. The van der Waals surface area contributed by atoms with Gasteiger partial charge < -0.3 is 5.32 Å². The Morgan fingerprint density at radius 3 is 3.15 bits per heavy atom. The molecular weight excluding hydrogens is 182 g/mol. The second kappa shape index (κ2) is 3.79. The minimum Gasteiger partial charge on any atom is -0.334 e. The summed E-state index contributed by atoms with van der Waals surface area (Å²) in [5.41, 5.74) is 1.00. The van der Waals surface area contributed by atoms with Gasteiger partial charge in [0.15, 0.2) is 5.17 Å². The topological polar surface area (TPSA) is 37.3 Å². The van der Waals surface area contributed by atoms with Crippen LogP contribution in [0.25, 0.3) is 0 Å². The molecule has 0 aromatic carbocycles. The summed E-state index contributed by atoms with van der Waals surface area (Å²) in [7, 11) is 0. The van der Waals surface area contributed by atoms with Crippen molar-refractivity contribution in [3.63, 3.8) is 0 Å². The number of rotatable bonds is 1. The van der Waals surface area contributed by atoms with Gasteiger partial charge in [0.2, 0.25) is 0 Å². The molecule has 0 saturated heterocycles. The minimum absolute atomic E-state index is 0.596. The molecule has 1 aromatic heterocycles. The van der Waals surface area contributed by atoms with Gasteiger partial charge in [-0.1, -0.05) is 18.7 Å². The molecule has 4 heteroatoms. The van der Waals surface area contributed by atoms with Gasteiger partial charge in [-0.05, 0) is 12.1 Å². The normalized spacial score (nSPS) is 21.3. The van der Waals surface area contributed by atoms with Crippen molar-refractivity contribution in [3.8, 4) is 0 Å². The van der Waals surface area contributed by atoms with Crippen LogP contribution in [0.15, 0.2) is 29.5 Å². The molecule has 0 bridgehead atoms. The number of nitrogens with zero attached hydrogens (tertiary/aromatic N) is 2. The quantitative estimate of drug-likeness (QED) is 0.741. The van der Waals surface area contributed by atoms with Gasteiger partial charge in [-0.3, -0.25) is 9.98 Å². The highest BCUT2D eigenvalue weighted by atomic mass is 32.2. The first-order chi connectivity index (χ1) is 6.34. The van der Waals surface area contributed by atoms with E-state index in [1.807, 2.05) is 12.1 Å². The fourth-order valence-corrected chi connectivity index (χ4v) is 1.96. The van der Waals surface area contributed by atoms with Crippen molar-refractivity contribution in [3.05, 3.63) is 24.5 Å². The lowest BCUT2D eigenvalue weighted by atomic mass is 10.4. The molecule has 1 aliphatic heterocycles. The van der Waals surface area contributed by atoms with Crippen molar-refractivity contribution in [1.82, 2.24) is 4.98 Å². The number of amidine groups is 1. The van der Waals surface area contributed by atoms with Crippen LogP contribution in [0.2, 0.25) is 0 Å². The lowest BCUT2D eigenvalue weighted by Crippen LogP contribution is -2.05. The summed E-state index contributed by atoms with van der Waals surface area (Å²) >= 11 is 1.77.